The summed E-state index contributed by atoms with van der Waals surface area (Å²) in [4.78, 5) is 10.8. The fourth-order valence-corrected chi connectivity index (χ4v) is 1.89. The zero-order valence-electron chi connectivity index (χ0n) is 10.0. The molecule has 2 aromatic rings. The van der Waals surface area contributed by atoms with Crippen molar-refractivity contribution in [3.8, 4) is 11.6 Å². The Morgan fingerprint density at radius 3 is 2.60 bits per heavy atom. The van der Waals surface area contributed by atoms with E-state index < -0.39 is 17.8 Å². The summed E-state index contributed by atoms with van der Waals surface area (Å²) in [6.45, 7) is 0. The normalized spacial score (nSPS) is 19.6. The number of aromatic nitrogens is 3. The van der Waals surface area contributed by atoms with Gasteiger partial charge in [-0.1, -0.05) is 17.3 Å². The van der Waals surface area contributed by atoms with Crippen LogP contribution in [0.2, 0.25) is 0 Å². The van der Waals surface area contributed by atoms with Crippen molar-refractivity contribution >= 4 is 5.97 Å². The number of nitrogens with one attached hydrogen (secondary N) is 1. The number of hydrogen-bond donors (Lipinski definition) is 2. The number of ether oxygens (including phenoxy) is 1. The number of benzene rings is 1. The summed E-state index contributed by atoms with van der Waals surface area (Å²) in [5.41, 5.74) is 0.186. The number of H-pyrrole nitrogens is 1. The van der Waals surface area contributed by atoms with Crippen LogP contribution in [0.3, 0.4) is 0 Å². The van der Waals surface area contributed by atoms with E-state index in [0.29, 0.717) is 11.3 Å². The summed E-state index contributed by atoms with van der Waals surface area (Å²) in [6, 6.07) is 6.06. The minimum absolute atomic E-state index is 0.109. The van der Waals surface area contributed by atoms with E-state index in [4.69, 9.17) is 9.84 Å². The van der Waals surface area contributed by atoms with Crippen molar-refractivity contribution in [3.63, 3.8) is 0 Å². The highest BCUT2D eigenvalue weighted by Crippen LogP contribution is 2.55. The Morgan fingerprint density at radius 2 is 2.05 bits per heavy atom. The Balaban J connectivity index is 1.75. The Hall–Kier alpha value is -2.51. The van der Waals surface area contributed by atoms with E-state index in [1.54, 1.807) is 0 Å². The summed E-state index contributed by atoms with van der Waals surface area (Å²) in [5.74, 6) is -4.43. The van der Waals surface area contributed by atoms with Crippen LogP contribution in [0.15, 0.2) is 24.3 Å². The molecule has 6 nitrogen and oxygen atoms in total. The van der Waals surface area contributed by atoms with E-state index in [0.717, 1.165) is 0 Å². The average Bonchev–Trinajstić information content (AvgIpc) is 2.84. The second-order valence-electron chi connectivity index (χ2n) is 4.48. The number of hydrogen-bond acceptors (Lipinski definition) is 4. The summed E-state index contributed by atoms with van der Waals surface area (Å²) in [6.07, 6.45) is -0.138. The van der Waals surface area contributed by atoms with Crippen molar-refractivity contribution in [1.29, 1.82) is 0 Å². The number of carboxylic acid groups (broad SMARTS) is 1. The lowest BCUT2D eigenvalue weighted by Crippen LogP contribution is -1.99. The van der Waals surface area contributed by atoms with Crippen molar-refractivity contribution in [2.24, 2.45) is 0 Å². The largest absolute Gasteiger partial charge is 0.476 e. The molecule has 0 aliphatic heterocycles. The van der Waals surface area contributed by atoms with Gasteiger partial charge < -0.3 is 9.84 Å². The molecule has 2 N–H and O–H groups in total. The van der Waals surface area contributed by atoms with Gasteiger partial charge in [-0.2, -0.15) is 0 Å². The van der Waals surface area contributed by atoms with Gasteiger partial charge in [0.15, 0.2) is 0 Å². The number of rotatable bonds is 4. The van der Waals surface area contributed by atoms with Crippen LogP contribution in [-0.4, -0.2) is 32.4 Å². The van der Waals surface area contributed by atoms with E-state index >= 15 is 0 Å². The Kier molecular flexibility index (Phi) is 2.66. The summed E-state index contributed by atoms with van der Waals surface area (Å²) < 4.78 is 31.1. The third-order valence-electron chi connectivity index (χ3n) is 3.05. The van der Waals surface area contributed by atoms with E-state index in [2.05, 4.69) is 15.4 Å². The quantitative estimate of drug-likeness (QED) is 0.898. The average molecular weight is 281 g/mol. The standard InChI is InChI=1S/C12H9F2N3O3/c13-12(14)5-8(12)6-1-3-7(4-2-6)20-10-9(11(18)19)15-17-16-10/h1-4,8H,5H2,(H,18,19)(H,15,16,17). The van der Waals surface area contributed by atoms with Crippen LogP contribution in [0.1, 0.15) is 28.4 Å². The van der Waals surface area contributed by atoms with Crippen LogP contribution < -0.4 is 4.74 Å². The first-order valence-electron chi connectivity index (χ1n) is 5.77. The first-order chi connectivity index (χ1) is 9.47. The van der Waals surface area contributed by atoms with Gasteiger partial charge in [0.25, 0.3) is 11.8 Å². The minimum atomic E-state index is -2.62. The van der Waals surface area contributed by atoms with E-state index in [1.807, 2.05) is 0 Å². The molecule has 1 atom stereocenters. The molecule has 0 amide bonds. The molecule has 0 bridgehead atoms. The molecular weight excluding hydrogens is 272 g/mol. The van der Waals surface area contributed by atoms with Crippen LogP contribution in [-0.2, 0) is 0 Å². The molecule has 8 heteroatoms. The Labute approximate surface area is 111 Å². The molecule has 20 heavy (non-hydrogen) atoms. The maximum absolute atomic E-state index is 12.9. The van der Waals surface area contributed by atoms with Crippen LogP contribution in [0, 0.1) is 0 Å². The highest BCUT2D eigenvalue weighted by atomic mass is 19.3. The van der Waals surface area contributed by atoms with Crippen molar-refractivity contribution in [2.75, 3.05) is 0 Å². The zero-order valence-corrected chi connectivity index (χ0v) is 10.0. The predicted molar refractivity (Wildman–Crippen MR) is 62.2 cm³/mol. The van der Waals surface area contributed by atoms with Crippen molar-refractivity contribution < 1.29 is 23.4 Å². The van der Waals surface area contributed by atoms with E-state index in [9.17, 15) is 13.6 Å². The van der Waals surface area contributed by atoms with Crippen molar-refractivity contribution in [3.05, 3.63) is 35.5 Å². The van der Waals surface area contributed by atoms with E-state index in [-0.39, 0.29) is 18.0 Å². The monoisotopic (exact) mass is 281 g/mol. The smallest absolute Gasteiger partial charge is 0.362 e. The fourth-order valence-electron chi connectivity index (χ4n) is 1.89. The number of aromatic amines is 1. The molecular formula is C12H9F2N3O3. The second-order valence-corrected chi connectivity index (χ2v) is 4.48. The molecule has 1 fully saturated rings. The molecule has 104 valence electrons. The number of halogens is 2. The summed E-state index contributed by atoms with van der Waals surface area (Å²) >= 11 is 0. The maximum atomic E-state index is 12.9. The first kappa shape index (κ1) is 12.5. The number of carbonyl (C=O) groups is 1. The SMILES string of the molecule is O=C(O)c1nn[nH]c1Oc1ccc(C2CC2(F)F)cc1. The lowest BCUT2D eigenvalue weighted by Gasteiger charge is -2.04. The van der Waals surface area contributed by atoms with Gasteiger partial charge in [0.1, 0.15) is 5.75 Å². The number of aromatic carboxylic acids is 1. The molecule has 1 aliphatic rings. The van der Waals surface area contributed by atoms with Gasteiger partial charge in [-0.3, -0.25) is 0 Å². The fraction of sp³-hybridized carbons (Fsp3) is 0.250. The van der Waals surface area contributed by atoms with Crippen LogP contribution >= 0.6 is 0 Å². The Bertz CT molecular complexity index is 654. The topological polar surface area (TPSA) is 88.1 Å². The third-order valence-corrected chi connectivity index (χ3v) is 3.05. The molecule has 1 unspecified atom stereocenters. The molecule has 1 aromatic carbocycles. The first-order valence-corrected chi connectivity index (χ1v) is 5.77. The molecule has 3 rings (SSSR count). The zero-order chi connectivity index (χ0) is 14.3. The van der Waals surface area contributed by atoms with Crippen LogP contribution in [0.25, 0.3) is 0 Å². The van der Waals surface area contributed by atoms with Gasteiger partial charge in [0, 0.05) is 6.42 Å². The maximum Gasteiger partial charge on any atom is 0.362 e. The molecule has 0 saturated heterocycles. The number of nitrogens with zero attached hydrogens (tertiary/aromatic N) is 2. The van der Waals surface area contributed by atoms with Crippen molar-refractivity contribution in [1.82, 2.24) is 15.4 Å². The predicted octanol–water partition coefficient (Wildman–Crippen LogP) is 2.42. The highest BCUT2D eigenvalue weighted by Gasteiger charge is 2.57. The molecule has 1 heterocycles. The van der Waals surface area contributed by atoms with Gasteiger partial charge >= 0.3 is 5.97 Å². The second kappa shape index (κ2) is 4.26. The molecule has 0 radical (unpaired) electrons. The van der Waals surface area contributed by atoms with Gasteiger partial charge in [0.05, 0.1) is 5.92 Å². The minimum Gasteiger partial charge on any atom is -0.476 e. The van der Waals surface area contributed by atoms with Gasteiger partial charge in [-0.25, -0.2) is 18.7 Å². The molecule has 1 aromatic heterocycles. The summed E-state index contributed by atoms with van der Waals surface area (Å²) in [7, 11) is 0. The Morgan fingerprint density at radius 1 is 1.40 bits per heavy atom. The highest BCUT2D eigenvalue weighted by molar-refractivity contribution is 5.87. The van der Waals surface area contributed by atoms with E-state index in [1.165, 1.54) is 24.3 Å². The van der Waals surface area contributed by atoms with Crippen molar-refractivity contribution in [2.45, 2.75) is 18.3 Å². The van der Waals surface area contributed by atoms with Gasteiger partial charge in [0.2, 0.25) is 5.69 Å². The molecule has 1 aliphatic carbocycles. The van der Waals surface area contributed by atoms with Crippen LogP contribution in [0.5, 0.6) is 11.6 Å². The van der Waals surface area contributed by atoms with Gasteiger partial charge in [-0.15, -0.1) is 5.10 Å². The molecule has 0 spiro atoms. The molecule has 1 saturated carbocycles. The number of carboxylic acids is 1. The lowest BCUT2D eigenvalue weighted by molar-refractivity contribution is 0.0687. The number of alkyl halides is 2. The van der Waals surface area contributed by atoms with Crippen LogP contribution in [0.4, 0.5) is 8.78 Å². The van der Waals surface area contributed by atoms with Gasteiger partial charge in [-0.05, 0) is 17.7 Å². The lowest BCUT2D eigenvalue weighted by atomic mass is 10.1. The third kappa shape index (κ3) is 2.20. The summed E-state index contributed by atoms with van der Waals surface area (Å²) in [5, 5.41) is 17.8.